The number of fused-ring (bicyclic) bond motifs is 2. The summed E-state index contributed by atoms with van der Waals surface area (Å²) in [6, 6.07) is 5.82. The molecular formula is C18H19BN4O2S. The van der Waals surface area contributed by atoms with Crippen LogP contribution in [0.15, 0.2) is 28.7 Å². The molecule has 0 aliphatic carbocycles. The van der Waals surface area contributed by atoms with E-state index in [2.05, 4.69) is 27.4 Å². The number of aryl methyl sites for hydroxylation is 2. The number of aromatic nitrogens is 2. The molecular weight excluding hydrogens is 347 g/mol. The van der Waals surface area contributed by atoms with Crippen LogP contribution in [0.1, 0.15) is 29.4 Å². The molecule has 0 saturated carbocycles. The minimum absolute atomic E-state index is 0.426. The number of hydrazone groups is 1. The highest BCUT2D eigenvalue weighted by Gasteiger charge is 2.26. The Morgan fingerprint density at radius 2 is 2.23 bits per heavy atom. The highest BCUT2D eigenvalue weighted by atomic mass is 32.1. The van der Waals surface area contributed by atoms with Gasteiger partial charge in [0.15, 0.2) is 5.82 Å². The maximum atomic E-state index is 9.73. The molecule has 0 saturated heterocycles. The van der Waals surface area contributed by atoms with Crippen molar-refractivity contribution in [1.82, 2.24) is 9.97 Å². The first-order chi connectivity index (χ1) is 12.6. The van der Waals surface area contributed by atoms with Crippen molar-refractivity contribution in [2.24, 2.45) is 5.10 Å². The maximum absolute atomic E-state index is 9.73. The van der Waals surface area contributed by atoms with E-state index in [0.717, 1.165) is 44.0 Å². The quantitative estimate of drug-likeness (QED) is 0.436. The SMILES string of the molecule is CCN(/N=C/c1ccc2c(c1)COB2O)c1nc(C)nc2c(C)csc12. The van der Waals surface area contributed by atoms with Crippen LogP contribution in [0.25, 0.3) is 10.2 Å². The molecule has 132 valence electrons. The fourth-order valence-electron chi connectivity index (χ4n) is 3.05. The summed E-state index contributed by atoms with van der Waals surface area (Å²) in [5, 5.41) is 18.4. The summed E-state index contributed by atoms with van der Waals surface area (Å²) < 4.78 is 6.30. The average Bonchev–Trinajstić information content (AvgIpc) is 3.19. The van der Waals surface area contributed by atoms with Crippen molar-refractivity contribution in [3.63, 3.8) is 0 Å². The Labute approximate surface area is 156 Å². The highest BCUT2D eigenvalue weighted by molar-refractivity contribution is 7.18. The van der Waals surface area contributed by atoms with Crippen molar-refractivity contribution in [1.29, 1.82) is 0 Å². The van der Waals surface area contributed by atoms with Gasteiger partial charge in [-0.15, -0.1) is 11.3 Å². The summed E-state index contributed by atoms with van der Waals surface area (Å²) in [5.41, 5.74) is 4.95. The average molecular weight is 366 g/mol. The van der Waals surface area contributed by atoms with Crippen LogP contribution in [0.3, 0.4) is 0 Å². The Balaban J connectivity index is 1.68. The van der Waals surface area contributed by atoms with Gasteiger partial charge in [0.25, 0.3) is 0 Å². The van der Waals surface area contributed by atoms with Crippen molar-refractivity contribution in [3.8, 4) is 0 Å². The third kappa shape index (κ3) is 3.00. The van der Waals surface area contributed by atoms with Gasteiger partial charge >= 0.3 is 7.12 Å². The summed E-state index contributed by atoms with van der Waals surface area (Å²) in [7, 11) is -0.817. The zero-order chi connectivity index (χ0) is 18.3. The van der Waals surface area contributed by atoms with E-state index in [1.165, 1.54) is 0 Å². The molecule has 0 radical (unpaired) electrons. The van der Waals surface area contributed by atoms with Crippen LogP contribution in [0.4, 0.5) is 5.82 Å². The van der Waals surface area contributed by atoms with Gasteiger partial charge in [-0.2, -0.15) is 5.10 Å². The van der Waals surface area contributed by atoms with Crippen LogP contribution >= 0.6 is 11.3 Å². The van der Waals surface area contributed by atoms with E-state index < -0.39 is 7.12 Å². The van der Waals surface area contributed by atoms with Gasteiger partial charge in [-0.1, -0.05) is 12.1 Å². The van der Waals surface area contributed by atoms with Crippen molar-refractivity contribution in [2.75, 3.05) is 11.6 Å². The fourth-order valence-corrected chi connectivity index (χ4v) is 4.04. The lowest BCUT2D eigenvalue weighted by Gasteiger charge is -2.17. The molecule has 0 amide bonds. The van der Waals surface area contributed by atoms with Gasteiger partial charge in [0.2, 0.25) is 0 Å². The van der Waals surface area contributed by atoms with Crippen LogP contribution < -0.4 is 10.5 Å². The molecule has 3 heterocycles. The van der Waals surface area contributed by atoms with Crippen molar-refractivity contribution < 1.29 is 9.68 Å². The van der Waals surface area contributed by atoms with E-state index in [9.17, 15) is 5.02 Å². The van der Waals surface area contributed by atoms with E-state index >= 15 is 0 Å². The molecule has 0 atom stereocenters. The minimum Gasteiger partial charge on any atom is -0.423 e. The second-order valence-electron chi connectivity index (χ2n) is 6.27. The van der Waals surface area contributed by atoms with E-state index in [-0.39, 0.29) is 0 Å². The predicted octanol–water partition coefficient (Wildman–Crippen LogP) is 2.39. The predicted molar refractivity (Wildman–Crippen MR) is 106 cm³/mol. The third-order valence-electron chi connectivity index (χ3n) is 4.41. The van der Waals surface area contributed by atoms with Gasteiger partial charge in [-0.3, -0.25) is 0 Å². The maximum Gasteiger partial charge on any atom is 0.491 e. The minimum atomic E-state index is -0.817. The first kappa shape index (κ1) is 17.1. The number of thiophene rings is 1. The first-order valence-electron chi connectivity index (χ1n) is 8.53. The van der Waals surface area contributed by atoms with Crippen molar-refractivity contribution in [3.05, 3.63) is 46.1 Å². The summed E-state index contributed by atoms with van der Waals surface area (Å²) in [5.74, 6) is 1.58. The molecule has 2 aromatic heterocycles. The van der Waals surface area contributed by atoms with E-state index in [0.29, 0.717) is 13.2 Å². The number of hydrogen-bond donors (Lipinski definition) is 1. The zero-order valence-electron chi connectivity index (χ0n) is 14.9. The molecule has 1 aliphatic heterocycles. The smallest absolute Gasteiger partial charge is 0.423 e. The number of rotatable bonds is 4. The number of benzene rings is 1. The third-order valence-corrected chi connectivity index (χ3v) is 5.49. The van der Waals surface area contributed by atoms with Gasteiger partial charge < -0.3 is 9.68 Å². The molecule has 1 aromatic carbocycles. The highest BCUT2D eigenvalue weighted by Crippen LogP contribution is 2.31. The molecule has 26 heavy (non-hydrogen) atoms. The number of anilines is 1. The lowest BCUT2D eigenvalue weighted by molar-refractivity contribution is 0.275. The molecule has 3 aromatic rings. The first-order valence-corrected chi connectivity index (χ1v) is 9.41. The molecule has 1 N–H and O–H groups in total. The number of hydrogen-bond acceptors (Lipinski definition) is 7. The second kappa shape index (κ2) is 6.79. The van der Waals surface area contributed by atoms with Crippen LogP contribution in [0.5, 0.6) is 0 Å². The van der Waals surface area contributed by atoms with E-state index in [1.807, 2.05) is 43.3 Å². The normalized spacial score (nSPS) is 13.8. The largest absolute Gasteiger partial charge is 0.491 e. The standard InChI is InChI=1S/C18H19BN4O2S/c1-4-23(18-17-16(11(2)10-26-17)21-12(3)22-18)20-8-13-5-6-15-14(7-13)9-25-19(15)24/h5-8,10,24H,4,9H2,1-3H3/b20-8+. The van der Waals surface area contributed by atoms with Gasteiger partial charge in [-0.25, -0.2) is 15.0 Å². The lowest BCUT2D eigenvalue weighted by Crippen LogP contribution is -2.27. The monoisotopic (exact) mass is 366 g/mol. The van der Waals surface area contributed by atoms with Crippen molar-refractivity contribution in [2.45, 2.75) is 27.4 Å². The summed E-state index contributed by atoms with van der Waals surface area (Å²) in [6.45, 7) is 7.15. The zero-order valence-corrected chi connectivity index (χ0v) is 15.7. The van der Waals surface area contributed by atoms with Gasteiger partial charge in [0, 0.05) is 6.54 Å². The summed E-state index contributed by atoms with van der Waals surface area (Å²) >= 11 is 1.65. The Morgan fingerprint density at radius 1 is 1.38 bits per heavy atom. The van der Waals surface area contributed by atoms with E-state index in [4.69, 9.17) is 4.65 Å². The molecule has 0 fully saturated rings. The fraction of sp³-hybridized carbons (Fsp3) is 0.278. The molecule has 6 nitrogen and oxygen atoms in total. The van der Waals surface area contributed by atoms with Crippen LogP contribution in [-0.2, 0) is 11.3 Å². The topological polar surface area (TPSA) is 70.8 Å². The van der Waals surface area contributed by atoms with Gasteiger partial charge in [0.05, 0.1) is 23.0 Å². The van der Waals surface area contributed by atoms with Crippen molar-refractivity contribution >= 4 is 46.2 Å². The molecule has 0 spiro atoms. The molecule has 0 unspecified atom stereocenters. The summed E-state index contributed by atoms with van der Waals surface area (Å²) in [4.78, 5) is 9.18. The van der Waals surface area contributed by atoms with Gasteiger partial charge in [0.1, 0.15) is 5.82 Å². The van der Waals surface area contributed by atoms with Crippen LogP contribution in [-0.4, -0.2) is 34.9 Å². The molecule has 8 heteroatoms. The van der Waals surface area contributed by atoms with Gasteiger partial charge in [-0.05, 0) is 54.4 Å². The van der Waals surface area contributed by atoms with Crippen LogP contribution in [0, 0.1) is 13.8 Å². The Hall–Kier alpha value is -2.29. The Kier molecular flexibility index (Phi) is 4.48. The molecule has 4 rings (SSSR count). The second-order valence-corrected chi connectivity index (χ2v) is 7.15. The Morgan fingerprint density at radius 3 is 3.04 bits per heavy atom. The molecule has 1 aliphatic rings. The lowest BCUT2D eigenvalue weighted by atomic mass is 9.79. The van der Waals surface area contributed by atoms with E-state index in [1.54, 1.807) is 11.3 Å². The Bertz CT molecular complexity index is 1000. The number of nitrogens with zero attached hydrogens (tertiary/aromatic N) is 4. The van der Waals surface area contributed by atoms with Crippen LogP contribution in [0.2, 0.25) is 0 Å². The summed E-state index contributed by atoms with van der Waals surface area (Å²) in [6.07, 6.45) is 1.82. The molecule has 0 bridgehead atoms.